The maximum atomic E-state index is 2.36. The summed E-state index contributed by atoms with van der Waals surface area (Å²) in [6.07, 6.45) is 0. The molecule has 0 aromatic heterocycles. The van der Waals surface area contributed by atoms with Gasteiger partial charge < -0.3 is 0 Å². The summed E-state index contributed by atoms with van der Waals surface area (Å²) in [6, 6.07) is 61.5. The summed E-state index contributed by atoms with van der Waals surface area (Å²) in [5.41, 5.74) is 36.8. The van der Waals surface area contributed by atoms with Gasteiger partial charge in [-0.15, -0.1) is 0 Å². The highest BCUT2D eigenvalue weighted by Gasteiger charge is 2.42. The molecule has 0 saturated carbocycles. The molecule has 0 heterocycles. The Labute approximate surface area is 818 Å². The van der Waals surface area contributed by atoms with E-state index in [1.165, 1.54) is 178 Å². The minimum Gasteiger partial charge on any atom is -0.0901 e. The first-order chi connectivity index (χ1) is 58.6. The van der Waals surface area contributed by atoms with Crippen LogP contribution in [-0.2, 0) is 32.7 Å². The molecule has 0 fully saturated rings. The van der Waals surface area contributed by atoms with Crippen molar-refractivity contribution in [3.05, 3.63) is 316 Å². The smallest absolute Gasteiger partial charge is 0.0901 e. The molecule has 11 aromatic carbocycles. The van der Waals surface area contributed by atoms with E-state index in [0.29, 0.717) is 0 Å². The molecular formula is C117H183I3S4+4. The Hall–Kier alpha value is -4.99. The highest BCUT2D eigenvalue weighted by molar-refractivity contribution is 15.0. The molecule has 0 unspecified atom stereocenters. The van der Waals surface area contributed by atoms with Crippen LogP contribution in [0.1, 0.15) is 320 Å². The van der Waals surface area contributed by atoms with E-state index < -0.39 is 0 Å². The maximum absolute atomic E-state index is 2.36. The molecule has 11 rings (SSSR count). The van der Waals surface area contributed by atoms with Gasteiger partial charge in [0.1, 0.15) is 10.9 Å². The zero-order valence-electron chi connectivity index (χ0n) is 86.9. The van der Waals surface area contributed by atoms with Crippen LogP contribution in [0.3, 0.4) is 0 Å². The van der Waals surface area contributed by atoms with Gasteiger partial charge in [0.15, 0.2) is 44.1 Å². The van der Waals surface area contributed by atoms with Gasteiger partial charge in [0, 0.05) is 103 Å². The third-order valence-corrected chi connectivity index (χ3v) is 34.5. The molecule has 0 aliphatic carbocycles. The van der Waals surface area contributed by atoms with Crippen LogP contribution in [-0.4, -0.2) is 0 Å². The predicted molar refractivity (Wildman–Crippen MR) is 595 cm³/mol. The monoisotopic (exact) mass is 2100 g/mol. The Balaban J connectivity index is -0.000000295. The quantitative estimate of drug-likeness (QED) is 0.0819. The van der Waals surface area contributed by atoms with Crippen LogP contribution in [0.25, 0.3) is 0 Å². The van der Waals surface area contributed by atoms with E-state index in [4.69, 9.17) is 0 Å². The lowest BCUT2D eigenvalue weighted by Gasteiger charge is -2.25. The first-order valence-electron chi connectivity index (χ1n) is 46.1. The Bertz CT molecular complexity index is 4070. The van der Waals surface area contributed by atoms with Crippen LogP contribution < -0.4 is 21.2 Å². The first kappa shape index (κ1) is 132. The average Bonchev–Trinajstić information content (AvgIpc) is 0.733. The molecule has 11 aromatic rings. The van der Waals surface area contributed by atoms with Crippen molar-refractivity contribution in [2.24, 2.45) is 0 Å². The Morgan fingerprint density at radius 2 is 0.298 bits per heavy atom. The largest absolute Gasteiger partial charge is 0.359 e. The Kier molecular flexibility index (Phi) is 78.6. The molecule has 692 valence electrons. The Morgan fingerprint density at radius 3 is 0.452 bits per heavy atom. The second-order valence-electron chi connectivity index (χ2n) is 26.6. The van der Waals surface area contributed by atoms with Gasteiger partial charge in [0.25, 0.3) is 0 Å². The molecule has 124 heavy (non-hydrogen) atoms. The molecule has 0 atom stereocenters. The van der Waals surface area contributed by atoms with E-state index >= 15 is 0 Å². The molecule has 7 heteroatoms. The van der Waals surface area contributed by atoms with Crippen LogP contribution in [0.2, 0.25) is 0 Å². The molecule has 0 N–H and O–H groups in total. The van der Waals surface area contributed by atoms with Crippen LogP contribution in [0.15, 0.2) is 224 Å². The summed E-state index contributed by atoms with van der Waals surface area (Å²) >= 11 is 5.91. The van der Waals surface area contributed by atoms with Crippen molar-refractivity contribution >= 4 is 81.7 Å². The Morgan fingerprint density at radius 1 is 0.169 bits per heavy atom. The van der Waals surface area contributed by atoms with Gasteiger partial charge >= 0.3 is 21.2 Å². The molecule has 0 spiro atoms. The minimum absolute atomic E-state index is 0. The van der Waals surface area contributed by atoms with Crippen LogP contribution in [0.4, 0.5) is 0 Å². The van der Waals surface area contributed by atoms with Gasteiger partial charge in [-0.25, -0.2) is 0 Å². The zero-order chi connectivity index (χ0) is 95.9. The summed E-state index contributed by atoms with van der Waals surface area (Å²) in [6.45, 7) is 106. The van der Waals surface area contributed by atoms with E-state index in [-0.39, 0.29) is 68.7 Å². The van der Waals surface area contributed by atoms with Crippen LogP contribution >= 0.6 is 49.0 Å². The van der Waals surface area contributed by atoms with E-state index in [9.17, 15) is 0 Å². The van der Waals surface area contributed by atoms with Crippen molar-refractivity contribution in [1.82, 2.24) is 0 Å². The summed E-state index contributed by atoms with van der Waals surface area (Å²) in [4.78, 5) is 15.2. The van der Waals surface area contributed by atoms with Crippen LogP contribution in [0, 0.1) is 180 Å². The SMILES string of the molecule is C.C.CC.CC.CC.CC.CC.CC.CC.CC.CC.CC.CC.CC.Cc1c(C)c(C)c([I+]c2c(C)c(C)c(C)c(C)c2C)c(C)c1C.Cc1c(C)c(C)c([S+](c2c(C)c(C)c(C)c(C)c2C)c2c(C)c(C)c(C)c(C)c2C)c(C)c1C.II.c1ccc([S+](c2ccccc2)c2ccc(Sc3ccc([S+](c4ccccc4)c4ccccc4)cc3)cc2)cc1. The van der Waals surface area contributed by atoms with Gasteiger partial charge in [-0.05, 0) is 354 Å². The molecule has 0 aliphatic rings. The van der Waals surface area contributed by atoms with Crippen LogP contribution in [0.5, 0.6) is 0 Å². The third-order valence-electron chi connectivity index (χ3n) is 21.7. The number of benzene rings is 11. The summed E-state index contributed by atoms with van der Waals surface area (Å²) in [5, 5.41) is 0. The van der Waals surface area contributed by atoms with E-state index in [1.807, 2.05) is 178 Å². The molecule has 0 nitrogen and oxygen atoms in total. The topological polar surface area (TPSA) is 0 Å². The lowest BCUT2D eigenvalue weighted by molar-refractivity contribution is -0.600. The highest BCUT2D eigenvalue weighted by Crippen LogP contribution is 2.47. The highest BCUT2D eigenvalue weighted by atomic mass is 128. The number of hydrogen-bond acceptors (Lipinski definition) is 1. The van der Waals surface area contributed by atoms with Gasteiger partial charge in [-0.3, -0.25) is 0 Å². The fraction of sp³-hybridized carbons (Fsp3) is 0.436. The average molecular weight is 2100 g/mol. The van der Waals surface area contributed by atoms with Crippen molar-refractivity contribution in [1.29, 1.82) is 0 Å². The van der Waals surface area contributed by atoms with Crippen molar-refractivity contribution in [3.8, 4) is 0 Å². The summed E-state index contributed by atoms with van der Waals surface area (Å²) < 4.78 is 3.27. The molecule has 0 radical (unpaired) electrons. The van der Waals surface area contributed by atoms with E-state index in [0.717, 1.165) is 0 Å². The summed E-state index contributed by atoms with van der Waals surface area (Å²) in [7, 11) is -0.416. The molecule has 0 aliphatic heterocycles. The lowest BCUT2D eigenvalue weighted by Crippen LogP contribution is -3.62. The van der Waals surface area contributed by atoms with Gasteiger partial charge in [-0.2, -0.15) is 0 Å². The zero-order valence-corrected chi connectivity index (χ0v) is 96.7. The van der Waals surface area contributed by atoms with Gasteiger partial charge in [0.2, 0.25) is 7.14 Å². The fourth-order valence-corrected chi connectivity index (χ4v) is 25.5. The van der Waals surface area contributed by atoms with Gasteiger partial charge in [0.05, 0.1) is 21.8 Å². The maximum Gasteiger partial charge on any atom is 0.359 e. The van der Waals surface area contributed by atoms with Crippen molar-refractivity contribution in [2.75, 3.05) is 0 Å². The molecule has 0 amide bonds. The third kappa shape index (κ3) is 35.4. The second-order valence-corrected chi connectivity index (χ2v) is 36.3. The first-order valence-corrected chi connectivity index (χ1v) is 59.0. The number of rotatable bonds is 13. The van der Waals surface area contributed by atoms with E-state index in [1.54, 1.807) is 21.8 Å². The molecular weight excluding hydrogens is 1910 g/mol. The molecule has 0 bridgehead atoms. The fourth-order valence-electron chi connectivity index (χ4n) is 13.4. The number of halogens is 3. The van der Waals surface area contributed by atoms with Crippen molar-refractivity contribution < 1.29 is 21.2 Å². The summed E-state index contributed by atoms with van der Waals surface area (Å²) in [5.74, 6) is 0. The lowest BCUT2D eigenvalue weighted by atomic mass is 9.94. The normalized spacial score (nSPS) is 9.40. The molecule has 0 saturated heterocycles. The standard InChI is InChI=1S/C36H28S3.C33H45S.C22H30I.12C2H6.2CH4.I2/c1-5-13-31(14-6-1)38(32-15-7-2-8-16-32)35-25-21-29(22-26-35)37-30-23-27-36(28-24-30)39(33-17-9-3-10-18-33)34-19-11-4-12-20-34;1-16-19(4)25(10)31(26(11)20(16)5)34(32-27(12)21(6)17(2)22(7)28(32)13)33-29(14)23(8)18(3)24(9)30(33)15;1-11-13(3)17(7)21(18(8)14(11)4)23-22-19(9)15(5)12(2)16(6)20(22)10;12*1-2;;;1-2/h1-28H;1-15H3;1-10H3;12*1-2H3;2*1H4;/q+2;2*+1;;;;;;;;;;;;;;;. The van der Waals surface area contributed by atoms with E-state index in [2.05, 4.69) is 380 Å². The number of hydrogen-bond donors (Lipinski definition) is 0. The predicted octanol–water partition coefficient (Wildman–Crippen LogP) is 37.7. The van der Waals surface area contributed by atoms with Crippen molar-refractivity contribution in [3.63, 3.8) is 0 Å². The second kappa shape index (κ2) is 73.8. The van der Waals surface area contributed by atoms with Gasteiger partial charge in [-0.1, -0.05) is 266 Å². The van der Waals surface area contributed by atoms with Crippen molar-refractivity contribution in [2.45, 2.75) is 408 Å². The minimum atomic E-state index is -0.171.